The normalized spacial score (nSPS) is 9.83. The lowest BCUT2D eigenvalue weighted by Gasteiger charge is -2.08. The SMILES string of the molecule is N#Cc1ccc(NCc2cc(Br)ccc2F)cc1. The van der Waals surface area contributed by atoms with Crippen molar-refractivity contribution < 1.29 is 4.39 Å². The molecule has 0 saturated heterocycles. The van der Waals surface area contributed by atoms with Crippen molar-refractivity contribution in [3.63, 3.8) is 0 Å². The molecule has 0 heterocycles. The quantitative estimate of drug-likeness (QED) is 0.927. The van der Waals surface area contributed by atoms with E-state index in [9.17, 15) is 4.39 Å². The Morgan fingerprint density at radius 1 is 1.17 bits per heavy atom. The standard InChI is InChI=1S/C14H10BrFN2/c15-12-3-6-14(16)11(7-12)9-18-13-4-1-10(8-17)2-5-13/h1-7,18H,9H2. The average Bonchev–Trinajstić information content (AvgIpc) is 2.40. The molecule has 1 N–H and O–H groups in total. The minimum absolute atomic E-state index is 0.237. The van der Waals surface area contributed by atoms with Gasteiger partial charge in [0.1, 0.15) is 5.82 Å². The van der Waals surface area contributed by atoms with Crippen LogP contribution >= 0.6 is 15.9 Å². The molecule has 0 aliphatic heterocycles. The van der Waals surface area contributed by atoms with Crippen LogP contribution in [0.1, 0.15) is 11.1 Å². The van der Waals surface area contributed by atoms with Crippen LogP contribution in [0, 0.1) is 17.1 Å². The van der Waals surface area contributed by atoms with Crippen molar-refractivity contribution in [2.45, 2.75) is 6.54 Å². The van der Waals surface area contributed by atoms with Gasteiger partial charge in [0, 0.05) is 22.3 Å². The van der Waals surface area contributed by atoms with Gasteiger partial charge in [0.2, 0.25) is 0 Å². The van der Waals surface area contributed by atoms with E-state index in [-0.39, 0.29) is 5.82 Å². The van der Waals surface area contributed by atoms with Gasteiger partial charge in [0.15, 0.2) is 0 Å². The van der Waals surface area contributed by atoms with Gasteiger partial charge >= 0.3 is 0 Å². The van der Waals surface area contributed by atoms with Crippen LogP contribution in [0.2, 0.25) is 0 Å². The van der Waals surface area contributed by atoms with Gasteiger partial charge in [-0.15, -0.1) is 0 Å². The van der Waals surface area contributed by atoms with Crippen molar-refractivity contribution in [3.8, 4) is 6.07 Å². The van der Waals surface area contributed by atoms with Crippen molar-refractivity contribution in [2.75, 3.05) is 5.32 Å². The van der Waals surface area contributed by atoms with Crippen molar-refractivity contribution in [2.24, 2.45) is 0 Å². The first-order chi connectivity index (χ1) is 8.69. The van der Waals surface area contributed by atoms with Crippen LogP contribution in [0.25, 0.3) is 0 Å². The summed E-state index contributed by atoms with van der Waals surface area (Å²) in [6.45, 7) is 0.400. The molecule has 4 heteroatoms. The van der Waals surface area contributed by atoms with Crippen molar-refractivity contribution in [1.82, 2.24) is 0 Å². The van der Waals surface area contributed by atoms with Gasteiger partial charge < -0.3 is 5.32 Å². The Morgan fingerprint density at radius 2 is 1.89 bits per heavy atom. The van der Waals surface area contributed by atoms with Crippen molar-refractivity contribution >= 4 is 21.6 Å². The molecule has 2 aromatic carbocycles. The van der Waals surface area contributed by atoms with Crippen LogP contribution in [0.4, 0.5) is 10.1 Å². The van der Waals surface area contributed by atoms with Gasteiger partial charge in [-0.05, 0) is 42.5 Å². The molecule has 2 aromatic rings. The van der Waals surface area contributed by atoms with E-state index in [0.29, 0.717) is 17.7 Å². The summed E-state index contributed by atoms with van der Waals surface area (Å²) in [5.74, 6) is -0.237. The fourth-order valence-electron chi connectivity index (χ4n) is 1.54. The molecule has 90 valence electrons. The maximum atomic E-state index is 13.5. The van der Waals surface area contributed by atoms with Crippen LogP contribution in [-0.4, -0.2) is 0 Å². The van der Waals surface area contributed by atoms with E-state index in [1.165, 1.54) is 6.07 Å². The first-order valence-electron chi connectivity index (χ1n) is 5.37. The highest BCUT2D eigenvalue weighted by Gasteiger charge is 2.02. The number of rotatable bonds is 3. The summed E-state index contributed by atoms with van der Waals surface area (Å²) in [6.07, 6.45) is 0. The third kappa shape index (κ3) is 3.08. The molecule has 0 aliphatic rings. The van der Waals surface area contributed by atoms with E-state index in [1.54, 1.807) is 36.4 Å². The fraction of sp³-hybridized carbons (Fsp3) is 0.0714. The van der Waals surface area contributed by atoms with E-state index < -0.39 is 0 Å². The van der Waals surface area contributed by atoms with Crippen LogP contribution in [0.3, 0.4) is 0 Å². The number of nitrogens with one attached hydrogen (secondary N) is 1. The highest BCUT2D eigenvalue weighted by molar-refractivity contribution is 9.10. The first-order valence-corrected chi connectivity index (χ1v) is 6.16. The second-order valence-corrected chi connectivity index (χ2v) is 4.69. The smallest absolute Gasteiger partial charge is 0.128 e. The summed E-state index contributed by atoms with van der Waals surface area (Å²) in [5.41, 5.74) is 2.05. The predicted molar refractivity (Wildman–Crippen MR) is 72.6 cm³/mol. The lowest BCUT2D eigenvalue weighted by molar-refractivity contribution is 0.612. The lowest BCUT2D eigenvalue weighted by Crippen LogP contribution is -2.01. The van der Waals surface area contributed by atoms with E-state index in [1.807, 2.05) is 0 Å². The Hall–Kier alpha value is -1.86. The summed E-state index contributed by atoms with van der Waals surface area (Å²) in [5, 5.41) is 11.8. The molecule has 0 aromatic heterocycles. The third-order valence-corrected chi connectivity index (χ3v) is 3.00. The summed E-state index contributed by atoms with van der Waals surface area (Å²) in [7, 11) is 0. The Morgan fingerprint density at radius 3 is 2.56 bits per heavy atom. The number of halogens is 2. The maximum Gasteiger partial charge on any atom is 0.128 e. The molecule has 0 spiro atoms. The number of anilines is 1. The molecule has 0 fully saturated rings. The van der Waals surface area contributed by atoms with E-state index in [4.69, 9.17) is 5.26 Å². The molecule has 0 unspecified atom stereocenters. The van der Waals surface area contributed by atoms with Gasteiger partial charge in [-0.2, -0.15) is 5.26 Å². The molecule has 2 nitrogen and oxygen atoms in total. The molecule has 0 radical (unpaired) electrons. The van der Waals surface area contributed by atoms with Crippen LogP contribution in [0.15, 0.2) is 46.9 Å². The summed E-state index contributed by atoms with van der Waals surface area (Å²) < 4.78 is 14.3. The Kier molecular flexibility index (Phi) is 3.96. The monoisotopic (exact) mass is 304 g/mol. The lowest BCUT2D eigenvalue weighted by atomic mass is 10.2. The number of hydrogen-bond donors (Lipinski definition) is 1. The minimum Gasteiger partial charge on any atom is -0.381 e. The Bertz CT molecular complexity index is 588. The van der Waals surface area contributed by atoms with Crippen molar-refractivity contribution in [1.29, 1.82) is 5.26 Å². The second-order valence-electron chi connectivity index (χ2n) is 3.78. The molecule has 0 amide bonds. The van der Waals surface area contributed by atoms with Gasteiger partial charge in [0.05, 0.1) is 11.6 Å². The van der Waals surface area contributed by atoms with E-state index in [2.05, 4.69) is 27.3 Å². The van der Waals surface area contributed by atoms with Gasteiger partial charge in [0.25, 0.3) is 0 Å². The molecule has 18 heavy (non-hydrogen) atoms. The molecule has 0 aliphatic carbocycles. The number of hydrogen-bond acceptors (Lipinski definition) is 2. The Labute approximate surface area is 113 Å². The van der Waals surface area contributed by atoms with E-state index in [0.717, 1.165) is 10.2 Å². The molecular weight excluding hydrogens is 295 g/mol. The zero-order chi connectivity index (χ0) is 13.0. The number of nitrogens with zero attached hydrogens (tertiary/aromatic N) is 1. The molecular formula is C14H10BrFN2. The highest BCUT2D eigenvalue weighted by atomic mass is 79.9. The molecule has 0 saturated carbocycles. The van der Waals surface area contributed by atoms with Crippen LogP contribution in [-0.2, 0) is 6.54 Å². The minimum atomic E-state index is -0.237. The first kappa shape index (κ1) is 12.6. The zero-order valence-corrected chi connectivity index (χ0v) is 11.0. The van der Waals surface area contributed by atoms with Crippen LogP contribution in [0.5, 0.6) is 0 Å². The number of nitriles is 1. The highest BCUT2D eigenvalue weighted by Crippen LogP contribution is 2.17. The topological polar surface area (TPSA) is 35.8 Å². The van der Waals surface area contributed by atoms with Gasteiger partial charge in [-0.25, -0.2) is 4.39 Å². The van der Waals surface area contributed by atoms with E-state index >= 15 is 0 Å². The zero-order valence-electron chi connectivity index (χ0n) is 9.45. The summed E-state index contributed by atoms with van der Waals surface area (Å²) in [6, 6.07) is 13.9. The maximum absolute atomic E-state index is 13.5. The fourth-order valence-corrected chi connectivity index (χ4v) is 1.95. The molecule has 0 atom stereocenters. The molecule has 0 bridgehead atoms. The third-order valence-electron chi connectivity index (χ3n) is 2.50. The largest absolute Gasteiger partial charge is 0.381 e. The average molecular weight is 305 g/mol. The van der Waals surface area contributed by atoms with Crippen molar-refractivity contribution in [3.05, 3.63) is 63.9 Å². The summed E-state index contributed by atoms with van der Waals surface area (Å²) in [4.78, 5) is 0. The number of benzene rings is 2. The predicted octanol–water partition coefficient (Wildman–Crippen LogP) is 4.07. The Balaban J connectivity index is 2.07. The summed E-state index contributed by atoms with van der Waals surface area (Å²) >= 11 is 3.31. The second kappa shape index (κ2) is 5.65. The van der Waals surface area contributed by atoms with Gasteiger partial charge in [-0.3, -0.25) is 0 Å². The molecule has 2 rings (SSSR count). The van der Waals surface area contributed by atoms with Gasteiger partial charge in [-0.1, -0.05) is 15.9 Å². The van der Waals surface area contributed by atoms with Crippen LogP contribution < -0.4 is 5.32 Å².